The summed E-state index contributed by atoms with van der Waals surface area (Å²) in [5, 5.41) is 32.0. The van der Waals surface area contributed by atoms with Gasteiger partial charge in [0.25, 0.3) is 5.69 Å². The first-order chi connectivity index (χ1) is 21.2. The zero-order chi connectivity index (χ0) is 31.0. The van der Waals surface area contributed by atoms with Gasteiger partial charge in [-0.25, -0.2) is 19.7 Å². The Morgan fingerprint density at radius 2 is 1.82 bits per heavy atom. The molecule has 15 nitrogen and oxygen atoms in total. The van der Waals surface area contributed by atoms with E-state index < -0.39 is 35.6 Å². The zero-order valence-corrected chi connectivity index (χ0v) is 23.6. The van der Waals surface area contributed by atoms with Gasteiger partial charge >= 0.3 is 6.09 Å². The highest BCUT2D eigenvalue weighted by molar-refractivity contribution is 5.85. The molecular formula is C29H31N7O8. The minimum atomic E-state index is -1.38. The van der Waals surface area contributed by atoms with Crippen LogP contribution in [0.15, 0.2) is 30.6 Å². The molecule has 6 rings (SSSR count). The van der Waals surface area contributed by atoms with Gasteiger partial charge in [0.15, 0.2) is 23.5 Å². The molecule has 15 heteroatoms. The third-order valence-electron chi connectivity index (χ3n) is 8.18. The van der Waals surface area contributed by atoms with Crippen molar-refractivity contribution < 1.29 is 34.2 Å². The average molecular weight is 606 g/mol. The molecular weight excluding hydrogens is 574 g/mol. The summed E-state index contributed by atoms with van der Waals surface area (Å²) in [6.07, 6.45) is 0.107. The number of nitrogens with two attached hydrogens (primary N) is 1. The second-order valence-corrected chi connectivity index (χ2v) is 11.4. The molecule has 4 atom stereocenters. The van der Waals surface area contributed by atoms with E-state index in [1.165, 1.54) is 35.2 Å². The molecule has 0 radical (unpaired) electrons. The molecule has 1 aromatic carbocycles. The fraction of sp³-hybridized carbons (Fsp3) is 0.483. The van der Waals surface area contributed by atoms with Crippen molar-refractivity contribution in [1.82, 2.24) is 24.4 Å². The maximum atomic E-state index is 12.6. The number of carbonyl (C=O) groups excluding carboxylic acids is 2. The lowest BCUT2D eigenvalue weighted by Gasteiger charge is -2.30. The topological polar surface area (TPSA) is 209 Å². The number of Topliss-reactive ketones (excluding diaryl/α,β-unsaturated/α-hetero) is 1. The van der Waals surface area contributed by atoms with Crippen LogP contribution in [0.5, 0.6) is 5.75 Å². The number of nitro groups is 1. The number of fused-ring (bicyclic) bond motifs is 1. The first kappa shape index (κ1) is 29.4. The molecule has 1 amide bonds. The number of rotatable bonds is 7. The monoisotopic (exact) mass is 605 g/mol. The molecule has 4 N–H and O–H groups in total. The van der Waals surface area contributed by atoms with Crippen LogP contribution in [0.1, 0.15) is 50.6 Å². The van der Waals surface area contributed by atoms with Gasteiger partial charge in [-0.2, -0.15) is 0 Å². The van der Waals surface area contributed by atoms with Gasteiger partial charge in [-0.15, -0.1) is 0 Å². The van der Waals surface area contributed by atoms with Crippen LogP contribution < -0.4 is 10.5 Å². The lowest BCUT2D eigenvalue weighted by molar-refractivity contribution is -0.384. The Morgan fingerprint density at radius 1 is 1.09 bits per heavy atom. The van der Waals surface area contributed by atoms with E-state index in [0.717, 1.165) is 12.8 Å². The number of anilines is 1. The predicted molar refractivity (Wildman–Crippen MR) is 153 cm³/mol. The molecule has 1 saturated carbocycles. The lowest BCUT2D eigenvalue weighted by atomic mass is 9.94. The Labute approximate surface area is 251 Å². The molecule has 44 heavy (non-hydrogen) atoms. The van der Waals surface area contributed by atoms with Crippen molar-refractivity contribution in [3.05, 3.63) is 46.5 Å². The Morgan fingerprint density at radius 3 is 2.50 bits per heavy atom. The second-order valence-electron chi connectivity index (χ2n) is 11.4. The molecule has 0 spiro atoms. The van der Waals surface area contributed by atoms with Gasteiger partial charge in [-0.3, -0.25) is 19.5 Å². The van der Waals surface area contributed by atoms with E-state index in [1.807, 2.05) is 0 Å². The van der Waals surface area contributed by atoms with Crippen LogP contribution in [0.3, 0.4) is 0 Å². The number of carbonyl (C=O) groups is 2. The summed E-state index contributed by atoms with van der Waals surface area (Å²) in [6.45, 7) is 0.957. The minimum absolute atomic E-state index is 0.0861. The molecule has 3 fully saturated rings. The first-order valence-electron chi connectivity index (χ1n) is 14.4. The Balaban J connectivity index is 1.06. The van der Waals surface area contributed by atoms with Crippen molar-refractivity contribution in [3.8, 4) is 17.6 Å². The van der Waals surface area contributed by atoms with Crippen LogP contribution in [0.25, 0.3) is 11.2 Å². The van der Waals surface area contributed by atoms with Crippen molar-refractivity contribution in [2.45, 2.75) is 63.1 Å². The molecule has 2 saturated heterocycles. The van der Waals surface area contributed by atoms with Crippen LogP contribution in [-0.4, -0.2) is 82.8 Å². The summed E-state index contributed by atoms with van der Waals surface area (Å²) in [7, 11) is 0. The van der Waals surface area contributed by atoms with Gasteiger partial charge in [0.2, 0.25) is 5.82 Å². The van der Waals surface area contributed by atoms with Crippen molar-refractivity contribution in [2.24, 2.45) is 11.8 Å². The van der Waals surface area contributed by atoms with Crippen LogP contribution in [0, 0.1) is 33.8 Å². The quantitative estimate of drug-likeness (QED) is 0.201. The van der Waals surface area contributed by atoms with E-state index >= 15 is 0 Å². The maximum absolute atomic E-state index is 12.6. The summed E-state index contributed by atoms with van der Waals surface area (Å²) < 4.78 is 12.6. The second kappa shape index (κ2) is 12.2. The summed E-state index contributed by atoms with van der Waals surface area (Å²) in [4.78, 5) is 49.9. The summed E-state index contributed by atoms with van der Waals surface area (Å²) in [5.74, 6) is 6.80. The van der Waals surface area contributed by atoms with Crippen LogP contribution in [0.2, 0.25) is 0 Å². The van der Waals surface area contributed by atoms with Crippen molar-refractivity contribution in [1.29, 1.82) is 0 Å². The summed E-state index contributed by atoms with van der Waals surface area (Å²) in [5.41, 5.74) is 6.57. The highest BCUT2D eigenvalue weighted by atomic mass is 16.6. The Hall–Kier alpha value is -4.65. The number of piperidine rings is 1. The van der Waals surface area contributed by atoms with Crippen LogP contribution in [-0.2, 0) is 9.53 Å². The van der Waals surface area contributed by atoms with Crippen molar-refractivity contribution in [3.63, 3.8) is 0 Å². The van der Waals surface area contributed by atoms with Gasteiger partial charge < -0.3 is 30.3 Å². The molecule has 1 aliphatic carbocycles. The highest BCUT2D eigenvalue weighted by Crippen LogP contribution is 2.37. The fourth-order valence-corrected chi connectivity index (χ4v) is 5.45. The van der Waals surface area contributed by atoms with Gasteiger partial charge in [-0.1, -0.05) is 5.92 Å². The average Bonchev–Trinajstić information content (AvgIpc) is 3.64. The van der Waals surface area contributed by atoms with E-state index in [2.05, 4.69) is 26.8 Å². The number of nitro benzene ring substituents is 1. The van der Waals surface area contributed by atoms with Crippen LogP contribution >= 0.6 is 0 Å². The first-order valence-corrected chi connectivity index (χ1v) is 14.4. The van der Waals surface area contributed by atoms with Crippen molar-refractivity contribution in [2.75, 3.05) is 18.8 Å². The number of ether oxygens (including phenoxy) is 2. The molecule has 2 aromatic heterocycles. The Kier molecular flexibility index (Phi) is 8.13. The number of amides is 1. The van der Waals surface area contributed by atoms with E-state index in [9.17, 15) is 29.9 Å². The SMILES string of the molecule is Nc1nc(C#CCC2CCN(C(=O)Oc3ccc([N+](=O)[O-])cc3)CC2)nc2c1ncn2[C@@H]1O[C@H](C(=O)CC2CC2)C(O)[C@@H]1O. The third-order valence-corrected chi connectivity index (χ3v) is 8.18. The molecule has 3 aliphatic rings. The zero-order valence-electron chi connectivity index (χ0n) is 23.6. The standard InChI is InChI=1S/C29H31N7O8/c30-26-22-27(35(15-31-22)28-24(39)23(38)25(44-28)20(37)14-17-4-5-17)33-21(32-26)3-1-2-16-10-12-34(13-11-16)29(40)43-19-8-6-18(7-9-19)36(41)42/h6-9,15-17,23-25,28,38-39H,2,4-5,10-14H2,(H2,30,32,33)/t23?,24-,25+,28+/m0/s1. The van der Waals surface area contributed by atoms with Gasteiger partial charge in [0.1, 0.15) is 29.6 Å². The molecule has 3 aromatic rings. The predicted octanol–water partition coefficient (Wildman–Crippen LogP) is 1.96. The number of hydrogen-bond acceptors (Lipinski definition) is 12. The number of aliphatic hydroxyl groups excluding tert-OH is 2. The normalized spacial score (nSPS) is 23.7. The number of non-ortho nitro benzene ring substituents is 1. The largest absolute Gasteiger partial charge is 0.415 e. The molecule has 230 valence electrons. The highest BCUT2D eigenvalue weighted by Gasteiger charge is 2.48. The number of aromatic nitrogens is 4. The number of nitrogen functional groups attached to an aromatic ring is 1. The van der Waals surface area contributed by atoms with Gasteiger partial charge in [-0.05, 0) is 55.6 Å². The number of likely N-dealkylation sites (tertiary alicyclic amines) is 1. The van der Waals surface area contributed by atoms with E-state index in [1.54, 1.807) is 4.90 Å². The molecule has 4 heterocycles. The molecule has 0 bridgehead atoms. The van der Waals surface area contributed by atoms with E-state index in [0.29, 0.717) is 44.7 Å². The number of hydrogen-bond donors (Lipinski definition) is 3. The fourth-order valence-electron chi connectivity index (χ4n) is 5.45. The third kappa shape index (κ3) is 6.18. The van der Waals surface area contributed by atoms with Crippen molar-refractivity contribution >= 4 is 34.5 Å². The minimum Gasteiger partial charge on any atom is -0.410 e. The summed E-state index contributed by atoms with van der Waals surface area (Å²) in [6, 6.07) is 5.33. The van der Waals surface area contributed by atoms with E-state index in [-0.39, 0.29) is 45.9 Å². The number of benzene rings is 1. The smallest absolute Gasteiger partial charge is 0.410 e. The molecule has 1 unspecified atom stereocenters. The van der Waals surface area contributed by atoms with Crippen LogP contribution in [0.4, 0.5) is 16.3 Å². The van der Waals surface area contributed by atoms with Gasteiger partial charge in [0, 0.05) is 38.1 Å². The van der Waals surface area contributed by atoms with Gasteiger partial charge in [0.05, 0.1) is 11.3 Å². The molecule has 2 aliphatic heterocycles. The number of ketones is 1. The number of imidazole rings is 1. The van der Waals surface area contributed by atoms with E-state index in [4.69, 9.17) is 15.2 Å². The maximum Gasteiger partial charge on any atom is 0.415 e. The number of nitrogens with zero attached hydrogens (tertiary/aromatic N) is 6. The number of aliphatic hydroxyl groups is 2. The Bertz CT molecular complexity index is 1640. The lowest BCUT2D eigenvalue weighted by Crippen LogP contribution is -2.40. The summed E-state index contributed by atoms with van der Waals surface area (Å²) >= 11 is 0.